The summed E-state index contributed by atoms with van der Waals surface area (Å²) in [7, 11) is 5.61. The number of carboxylic acids is 1. The van der Waals surface area contributed by atoms with Crippen LogP contribution in [0.15, 0.2) is 48.5 Å². The van der Waals surface area contributed by atoms with Gasteiger partial charge >= 0.3 is 61.4 Å². The van der Waals surface area contributed by atoms with Crippen molar-refractivity contribution in [3.8, 4) is 28.5 Å². The smallest absolute Gasteiger partial charge is 0 e. The molecule has 0 aliphatic rings. The number of hydrogen-bond acceptors (Lipinski definition) is 11. The van der Waals surface area contributed by atoms with Gasteiger partial charge in [-0.2, -0.15) is 23.8 Å². The number of ether oxygens (including phenoxy) is 2. The van der Waals surface area contributed by atoms with Crippen molar-refractivity contribution in [2.75, 3.05) is 26.7 Å². The Morgan fingerprint density at radius 1 is 0.857 bits per heavy atom. The van der Waals surface area contributed by atoms with Gasteiger partial charge in [-0.25, -0.2) is 15.2 Å². The van der Waals surface area contributed by atoms with Crippen molar-refractivity contribution in [2.24, 2.45) is 19.8 Å². The molecule has 0 aliphatic carbocycles. The summed E-state index contributed by atoms with van der Waals surface area (Å²) in [6, 6.07) is 21.4. The molecule has 5 aromatic rings. The van der Waals surface area contributed by atoms with Gasteiger partial charge in [0.05, 0.1) is 12.8 Å². The van der Waals surface area contributed by atoms with Crippen LogP contribution >= 0.6 is 51.6 Å². The van der Waals surface area contributed by atoms with Crippen molar-refractivity contribution in [3.63, 3.8) is 0 Å². The molecule has 0 saturated heterocycles. The maximum Gasteiger partial charge on any atom is 0 e. The Balaban J connectivity index is -0.000000265. The molecule has 5 rings (SSSR count). The van der Waals surface area contributed by atoms with Gasteiger partial charge in [-0.15, -0.1) is 82.9 Å². The minimum atomic E-state index is -1.07. The molecule has 2 aromatic carbocycles. The van der Waals surface area contributed by atoms with Gasteiger partial charge in [0.25, 0.3) is 5.97 Å². The molecule has 3 aromatic heterocycles. The number of nitrogens with two attached hydrogens (primary N) is 1. The summed E-state index contributed by atoms with van der Waals surface area (Å²) in [4.78, 5) is 47.8. The van der Waals surface area contributed by atoms with E-state index in [9.17, 15) is 14.4 Å². The second-order valence-corrected chi connectivity index (χ2v) is 27.1. The van der Waals surface area contributed by atoms with Crippen molar-refractivity contribution in [1.29, 1.82) is 0 Å². The molecule has 1 amide bonds. The average Bonchev–Trinajstić information content (AvgIpc) is 3.73. The van der Waals surface area contributed by atoms with E-state index < -0.39 is 5.97 Å². The SMILES string of the molecule is CCCCCCCC(=O)OC(C)(C)C.COc1nc(C)nc(Cl)n1.[B].[B].[CH2-]c1c(C(=O)N(CC)CCCN)nn(C)c1-c1[c-]cccc1.[CH2-]c1c(C(=O)O)nn(C)c1-c1[c-]cccc1.[I][V][I].[V].[Y].[Y]. The monoisotopic (exact) mass is 1430 g/mol. The van der Waals surface area contributed by atoms with Crippen LogP contribution in [-0.2, 0) is 117 Å². The normalized spacial score (nSPS) is 9.56. The number of methoxy groups -OCH3 is 1. The Morgan fingerprint density at radius 3 is 1.73 bits per heavy atom. The molecule has 0 atom stereocenters. The van der Waals surface area contributed by atoms with E-state index >= 15 is 0 Å². The van der Waals surface area contributed by atoms with Gasteiger partial charge in [-0.1, -0.05) is 32.6 Å². The molecule has 0 saturated carbocycles. The van der Waals surface area contributed by atoms with Crippen molar-refractivity contribution in [1.82, 2.24) is 39.4 Å². The Bertz CT molecular complexity index is 2180. The van der Waals surface area contributed by atoms with Gasteiger partial charge in [-0.05, 0) is 77.0 Å². The number of amides is 1. The second kappa shape index (κ2) is 43.3. The van der Waals surface area contributed by atoms with Crippen LogP contribution in [0.1, 0.15) is 117 Å². The van der Waals surface area contributed by atoms with Gasteiger partial charge in [0.15, 0.2) is 0 Å². The van der Waals surface area contributed by atoms with Crippen LogP contribution < -0.4 is 10.5 Å². The molecule has 24 heteroatoms. The van der Waals surface area contributed by atoms with Crippen LogP contribution in [0.5, 0.6) is 6.01 Å². The first-order valence-corrected chi connectivity index (χ1v) is 30.2. The van der Waals surface area contributed by atoms with E-state index in [2.05, 4.69) is 98.0 Å². The average molecular weight is 1430 g/mol. The van der Waals surface area contributed by atoms with Crippen molar-refractivity contribution >= 4 is 86.2 Å². The molecular formula is C46H62B2ClI2N9O6V2Y2-4. The minimum Gasteiger partial charge on any atom is 0 e. The fraction of sp³-hybridized carbons (Fsp3) is 0.435. The fourth-order valence-corrected chi connectivity index (χ4v) is 6.05. The molecule has 0 bridgehead atoms. The van der Waals surface area contributed by atoms with Crippen LogP contribution in [0.25, 0.3) is 22.5 Å². The summed E-state index contributed by atoms with van der Waals surface area (Å²) in [5, 5.41) is 17.4. The molecule has 3 heterocycles. The first kappa shape index (κ1) is 77.9. The number of carbonyl (C=O) groups excluding carboxylic acids is 2. The first-order chi connectivity index (χ1) is 30.8. The number of carboxylic acid groups (broad SMARTS) is 1. The largest absolute Gasteiger partial charge is 0 e. The van der Waals surface area contributed by atoms with Crippen LogP contribution in [-0.4, -0.2) is 112 Å². The van der Waals surface area contributed by atoms with Crippen LogP contribution in [0.2, 0.25) is 5.28 Å². The predicted octanol–water partition coefficient (Wildman–Crippen LogP) is 9.18. The number of esters is 1. The third-order valence-electron chi connectivity index (χ3n) is 8.71. The quantitative estimate of drug-likeness (QED) is 0.0333. The zero-order valence-corrected chi connectivity index (χ0v) is 55.1. The minimum absolute atomic E-state index is 0. The summed E-state index contributed by atoms with van der Waals surface area (Å²) in [5.41, 5.74) is 9.80. The van der Waals surface area contributed by atoms with E-state index in [1.165, 1.54) is 31.1 Å². The van der Waals surface area contributed by atoms with Gasteiger partial charge in [0, 0.05) is 140 Å². The number of nitrogens with zero attached hydrogens (tertiary/aromatic N) is 8. The van der Waals surface area contributed by atoms with E-state index in [0.717, 1.165) is 36.1 Å². The topological polar surface area (TPSA) is 193 Å². The van der Waals surface area contributed by atoms with E-state index in [1.807, 2.05) is 77.2 Å². The molecule has 374 valence electrons. The third kappa shape index (κ3) is 29.8. The number of benzene rings is 2. The molecule has 0 spiro atoms. The van der Waals surface area contributed by atoms with Crippen molar-refractivity contribution in [3.05, 3.63) is 108 Å². The zero-order valence-electron chi connectivity index (χ0n) is 41.6. The van der Waals surface area contributed by atoms with Crippen molar-refractivity contribution in [2.45, 2.75) is 92.1 Å². The number of halogens is 3. The van der Waals surface area contributed by atoms with E-state index in [1.54, 1.807) is 29.6 Å². The van der Waals surface area contributed by atoms with Gasteiger partial charge in [0.2, 0.25) is 11.2 Å². The summed E-state index contributed by atoms with van der Waals surface area (Å²) in [5.74, 6) is -0.674. The Hall–Kier alpha value is -0.964. The molecule has 0 aliphatic heterocycles. The van der Waals surface area contributed by atoms with Crippen molar-refractivity contribution < 1.29 is 122 Å². The molecule has 70 heavy (non-hydrogen) atoms. The number of rotatable bonds is 15. The Morgan fingerprint density at radius 2 is 1.34 bits per heavy atom. The molecular weight excluding hydrogens is 1370 g/mol. The Labute approximate surface area is 516 Å². The number of aromatic carboxylic acids is 1. The molecule has 3 N–H and O–H groups in total. The van der Waals surface area contributed by atoms with E-state index in [0.29, 0.717) is 63.9 Å². The van der Waals surface area contributed by atoms with E-state index in [4.69, 9.17) is 31.9 Å². The number of aryl methyl sites for hydroxylation is 3. The zero-order chi connectivity index (χ0) is 49.1. The number of carbonyl (C=O) groups is 3. The molecule has 0 fully saturated rings. The summed E-state index contributed by atoms with van der Waals surface area (Å²) < 4.78 is 13.1. The standard InChI is InChI=1S/C17H22N4O.C12H10N2O2.C12H24O2.C5H6ClN3O.2B.2HI.2V.2Y/c1-4-21(12-8-11-18)17(22)15-13(2)16(20(3)19-15)14-9-6-5-7-10-14;1-8-10(12(15)16)13-14(2)11(8)9-6-4-3-5-7-9;1-5-6-7-8-9-10-11(13)14-12(2,3)4;1-3-7-4(6)9-5(8-3)10-2;;;;;;;;/h5-7,9H,2,4,8,11-12,18H2,1,3H3;3-6H,1H2,2H3,(H,15,16);5-10H2,1-4H3;1-2H3;;;2*1H;;;;/q2*-2;;;;;;;;+2;;/p-2. The number of hydrogen-bond donors (Lipinski definition) is 2. The van der Waals surface area contributed by atoms with Gasteiger partial charge < -0.3 is 34.6 Å². The van der Waals surface area contributed by atoms with Gasteiger partial charge in [-0.3, -0.25) is 14.4 Å². The molecule has 9 radical (unpaired) electrons. The second-order valence-electron chi connectivity index (χ2n) is 14.9. The summed E-state index contributed by atoms with van der Waals surface area (Å²) in [6.45, 7) is 21.2. The van der Waals surface area contributed by atoms with Crippen LogP contribution in [0.4, 0.5) is 0 Å². The van der Waals surface area contributed by atoms with Crippen LogP contribution in [0, 0.1) is 32.9 Å². The molecule has 0 unspecified atom stereocenters. The first-order valence-electron chi connectivity index (χ1n) is 20.8. The van der Waals surface area contributed by atoms with Gasteiger partial charge in [0.1, 0.15) is 11.4 Å². The molecule has 15 nitrogen and oxygen atoms in total. The number of unbranched alkanes of at least 4 members (excludes halogenated alkanes) is 4. The van der Waals surface area contributed by atoms with E-state index in [-0.39, 0.29) is 135 Å². The van der Waals surface area contributed by atoms with Crippen LogP contribution in [0.3, 0.4) is 0 Å². The summed E-state index contributed by atoms with van der Waals surface area (Å²) in [6.07, 6.45) is 7.21. The Kier molecular flexibility index (Phi) is 48.2. The third-order valence-corrected chi connectivity index (χ3v) is 8.88. The fourth-order valence-electron chi connectivity index (χ4n) is 5.85. The summed E-state index contributed by atoms with van der Waals surface area (Å²) >= 11 is 10.2. The maximum atomic E-state index is 12.7. The maximum absolute atomic E-state index is 12.7. The number of aromatic nitrogens is 7. The predicted molar refractivity (Wildman–Crippen MR) is 281 cm³/mol.